The summed E-state index contributed by atoms with van der Waals surface area (Å²) in [6, 6.07) is 3.12. The van der Waals surface area contributed by atoms with E-state index in [0.29, 0.717) is 18.5 Å². The van der Waals surface area contributed by atoms with Crippen molar-refractivity contribution in [2.45, 2.75) is 13.0 Å². The molecule has 1 aromatic heterocycles. The standard InChI is InChI=1S/C14H11BrFN3O/c15-11-1-2-12(16)10-8-19(6-3-9(10)11)14(20)13-7-17-4-5-18-13/h1-2,4-5,7H,3,6,8H2. The second-order valence-corrected chi connectivity index (χ2v) is 5.41. The van der Waals surface area contributed by atoms with Crippen molar-refractivity contribution in [1.82, 2.24) is 14.9 Å². The van der Waals surface area contributed by atoms with Gasteiger partial charge in [0.25, 0.3) is 5.91 Å². The molecule has 0 fully saturated rings. The predicted molar refractivity (Wildman–Crippen MR) is 74.6 cm³/mol. The fourth-order valence-corrected chi connectivity index (χ4v) is 2.91. The van der Waals surface area contributed by atoms with Crippen molar-refractivity contribution in [1.29, 1.82) is 0 Å². The van der Waals surface area contributed by atoms with Gasteiger partial charge in [0, 0.05) is 35.5 Å². The molecule has 0 aliphatic carbocycles. The lowest BCUT2D eigenvalue weighted by Gasteiger charge is -2.29. The summed E-state index contributed by atoms with van der Waals surface area (Å²) < 4.78 is 14.8. The second-order valence-electron chi connectivity index (χ2n) is 4.55. The van der Waals surface area contributed by atoms with Crippen LogP contribution >= 0.6 is 15.9 Å². The second kappa shape index (κ2) is 5.28. The molecule has 0 saturated heterocycles. The fraction of sp³-hybridized carbons (Fsp3) is 0.214. The van der Waals surface area contributed by atoms with E-state index in [4.69, 9.17) is 0 Å². The molecule has 1 amide bonds. The summed E-state index contributed by atoms with van der Waals surface area (Å²) in [7, 11) is 0. The Hall–Kier alpha value is -1.82. The molecular formula is C14H11BrFN3O. The highest BCUT2D eigenvalue weighted by atomic mass is 79.9. The van der Waals surface area contributed by atoms with Gasteiger partial charge in [-0.15, -0.1) is 0 Å². The normalized spacial score (nSPS) is 14.0. The van der Waals surface area contributed by atoms with Crippen LogP contribution in [0, 0.1) is 5.82 Å². The zero-order valence-corrected chi connectivity index (χ0v) is 12.1. The average Bonchev–Trinajstić information content (AvgIpc) is 2.51. The molecule has 1 aliphatic rings. The van der Waals surface area contributed by atoms with Crippen LogP contribution in [0.3, 0.4) is 0 Å². The molecule has 1 aromatic carbocycles. The quantitative estimate of drug-likeness (QED) is 0.804. The molecule has 0 atom stereocenters. The van der Waals surface area contributed by atoms with E-state index in [1.54, 1.807) is 11.0 Å². The Morgan fingerprint density at radius 1 is 1.30 bits per heavy atom. The highest BCUT2D eigenvalue weighted by molar-refractivity contribution is 9.10. The Morgan fingerprint density at radius 3 is 2.90 bits per heavy atom. The number of halogens is 2. The third-order valence-corrected chi connectivity index (χ3v) is 4.11. The maximum atomic E-state index is 13.9. The molecule has 102 valence electrons. The maximum Gasteiger partial charge on any atom is 0.274 e. The molecule has 2 heterocycles. The highest BCUT2D eigenvalue weighted by Crippen LogP contribution is 2.29. The van der Waals surface area contributed by atoms with Crippen LogP contribution in [-0.4, -0.2) is 27.3 Å². The third kappa shape index (κ3) is 2.31. The number of carbonyl (C=O) groups is 1. The summed E-state index contributed by atoms with van der Waals surface area (Å²) in [6.45, 7) is 0.806. The van der Waals surface area contributed by atoms with Gasteiger partial charge in [0.15, 0.2) is 0 Å². The number of nitrogens with zero attached hydrogens (tertiary/aromatic N) is 3. The molecule has 0 bridgehead atoms. The van der Waals surface area contributed by atoms with Gasteiger partial charge in [-0.3, -0.25) is 9.78 Å². The number of rotatable bonds is 1. The molecule has 4 nitrogen and oxygen atoms in total. The monoisotopic (exact) mass is 335 g/mol. The topological polar surface area (TPSA) is 46.1 Å². The number of carbonyl (C=O) groups excluding carboxylic acids is 1. The van der Waals surface area contributed by atoms with E-state index in [2.05, 4.69) is 25.9 Å². The smallest absolute Gasteiger partial charge is 0.274 e. The molecule has 20 heavy (non-hydrogen) atoms. The van der Waals surface area contributed by atoms with Crippen LogP contribution < -0.4 is 0 Å². The van der Waals surface area contributed by atoms with Gasteiger partial charge in [-0.25, -0.2) is 9.37 Å². The van der Waals surface area contributed by atoms with E-state index in [1.165, 1.54) is 24.7 Å². The summed E-state index contributed by atoms with van der Waals surface area (Å²) in [5.74, 6) is -0.497. The van der Waals surface area contributed by atoms with Crippen molar-refractivity contribution in [3.8, 4) is 0 Å². The van der Waals surface area contributed by atoms with Gasteiger partial charge in [-0.1, -0.05) is 15.9 Å². The lowest BCUT2D eigenvalue weighted by Crippen LogP contribution is -2.37. The lowest BCUT2D eigenvalue weighted by molar-refractivity contribution is 0.0726. The lowest BCUT2D eigenvalue weighted by atomic mass is 9.99. The molecule has 0 unspecified atom stereocenters. The van der Waals surface area contributed by atoms with Crippen molar-refractivity contribution >= 4 is 21.8 Å². The van der Waals surface area contributed by atoms with E-state index in [0.717, 1.165) is 10.0 Å². The average molecular weight is 336 g/mol. The van der Waals surface area contributed by atoms with E-state index in [-0.39, 0.29) is 24.0 Å². The number of aromatic nitrogens is 2. The zero-order valence-electron chi connectivity index (χ0n) is 10.5. The SMILES string of the molecule is O=C(c1cnccn1)N1CCc2c(Br)ccc(F)c2C1. The van der Waals surface area contributed by atoms with Gasteiger partial charge in [0.2, 0.25) is 0 Å². The van der Waals surface area contributed by atoms with Crippen LogP contribution in [-0.2, 0) is 13.0 Å². The van der Waals surface area contributed by atoms with E-state index < -0.39 is 0 Å². The molecule has 1 aliphatic heterocycles. The first-order chi connectivity index (χ1) is 9.66. The number of benzene rings is 1. The first kappa shape index (κ1) is 13.2. The Kier molecular flexibility index (Phi) is 3.48. The van der Waals surface area contributed by atoms with Crippen molar-refractivity contribution < 1.29 is 9.18 Å². The van der Waals surface area contributed by atoms with E-state index in [9.17, 15) is 9.18 Å². The molecule has 3 rings (SSSR count). The minimum absolute atomic E-state index is 0.219. The largest absolute Gasteiger partial charge is 0.332 e. The first-order valence-corrected chi connectivity index (χ1v) is 6.97. The number of hydrogen-bond donors (Lipinski definition) is 0. The van der Waals surface area contributed by atoms with Gasteiger partial charge < -0.3 is 4.90 Å². The molecule has 6 heteroatoms. The van der Waals surface area contributed by atoms with E-state index >= 15 is 0 Å². The Labute approximate surface area is 123 Å². The zero-order chi connectivity index (χ0) is 14.1. The number of hydrogen-bond acceptors (Lipinski definition) is 3. The van der Waals surface area contributed by atoms with Gasteiger partial charge in [-0.05, 0) is 24.1 Å². The van der Waals surface area contributed by atoms with Crippen LogP contribution in [0.5, 0.6) is 0 Å². The van der Waals surface area contributed by atoms with Crippen molar-refractivity contribution in [2.75, 3.05) is 6.54 Å². The highest BCUT2D eigenvalue weighted by Gasteiger charge is 2.25. The van der Waals surface area contributed by atoms with Crippen LogP contribution in [0.4, 0.5) is 4.39 Å². The maximum absolute atomic E-state index is 13.9. The molecule has 0 saturated carbocycles. The summed E-state index contributed by atoms with van der Waals surface area (Å²) in [6.07, 6.45) is 5.04. The van der Waals surface area contributed by atoms with Crippen molar-refractivity contribution in [3.63, 3.8) is 0 Å². The molecular weight excluding hydrogens is 325 g/mol. The molecule has 0 spiro atoms. The minimum Gasteiger partial charge on any atom is -0.332 e. The van der Waals surface area contributed by atoms with Gasteiger partial charge >= 0.3 is 0 Å². The molecule has 2 aromatic rings. The van der Waals surface area contributed by atoms with E-state index in [1.807, 2.05) is 0 Å². The predicted octanol–water partition coefficient (Wildman–Crippen LogP) is 2.58. The van der Waals surface area contributed by atoms with Crippen LogP contribution in [0.15, 0.2) is 35.2 Å². The van der Waals surface area contributed by atoms with Gasteiger partial charge in [-0.2, -0.15) is 0 Å². The van der Waals surface area contributed by atoms with Crippen molar-refractivity contribution in [2.24, 2.45) is 0 Å². The Balaban J connectivity index is 1.89. The summed E-state index contributed by atoms with van der Waals surface area (Å²) in [5, 5.41) is 0. The summed E-state index contributed by atoms with van der Waals surface area (Å²) in [5.41, 5.74) is 1.79. The van der Waals surface area contributed by atoms with Gasteiger partial charge in [0.05, 0.1) is 6.20 Å². The van der Waals surface area contributed by atoms with Crippen LogP contribution in [0.25, 0.3) is 0 Å². The Morgan fingerprint density at radius 2 is 2.15 bits per heavy atom. The Bertz CT molecular complexity index is 663. The van der Waals surface area contributed by atoms with Crippen molar-refractivity contribution in [3.05, 3.63) is 57.8 Å². The minimum atomic E-state index is -0.278. The van der Waals surface area contributed by atoms with Crippen LogP contribution in [0.1, 0.15) is 21.6 Å². The fourth-order valence-electron chi connectivity index (χ4n) is 2.34. The summed E-state index contributed by atoms with van der Waals surface area (Å²) in [4.78, 5) is 21.8. The van der Waals surface area contributed by atoms with Crippen LogP contribution in [0.2, 0.25) is 0 Å². The summed E-state index contributed by atoms with van der Waals surface area (Å²) >= 11 is 3.43. The van der Waals surface area contributed by atoms with Gasteiger partial charge in [0.1, 0.15) is 11.5 Å². The molecule has 0 radical (unpaired) electrons. The molecule has 0 N–H and O–H groups in total. The third-order valence-electron chi connectivity index (χ3n) is 3.37. The number of amides is 1. The first-order valence-electron chi connectivity index (χ1n) is 6.18. The number of fused-ring (bicyclic) bond motifs is 1.